The molecule has 0 atom stereocenters. The van der Waals surface area contributed by atoms with Gasteiger partial charge in [-0.15, -0.1) is 0 Å². The lowest BCUT2D eigenvalue weighted by molar-refractivity contribution is -0.138. The largest absolute Gasteiger partial charge is 0.480 e. The summed E-state index contributed by atoms with van der Waals surface area (Å²) in [6.45, 7) is 3.12. The molecule has 20 heavy (non-hydrogen) atoms. The van der Waals surface area contributed by atoms with Crippen molar-refractivity contribution < 1.29 is 9.90 Å². The minimum absolute atomic E-state index is 0.0808. The topological polar surface area (TPSA) is 67.6 Å². The Morgan fingerprint density at radius 3 is 2.85 bits per heavy atom. The fourth-order valence-electron chi connectivity index (χ4n) is 2.45. The Morgan fingerprint density at radius 2 is 2.15 bits per heavy atom. The van der Waals surface area contributed by atoms with Crippen LogP contribution in [-0.4, -0.2) is 48.7 Å². The fourth-order valence-corrected chi connectivity index (χ4v) is 2.89. The molecule has 0 spiro atoms. The summed E-state index contributed by atoms with van der Waals surface area (Å²) in [6.07, 6.45) is 0.894. The molecule has 1 heterocycles. The van der Waals surface area contributed by atoms with Crippen LogP contribution in [0.1, 0.15) is 12.0 Å². The maximum absolute atomic E-state index is 10.8. The number of nitrogens with zero attached hydrogens (tertiary/aromatic N) is 3. The van der Waals surface area contributed by atoms with Crippen LogP contribution in [0.25, 0.3) is 0 Å². The van der Waals surface area contributed by atoms with E-state index in [9.17, 15) is 10.1 Å². The highest BCUT2D eigenvalue weighted by molar-refractivity contribution is 9.10. The van der Waals surface area contributed by atoms with E-state index in [1.54, 1.807) is 0 Å². The van der Waals surface area contributed by atoms with E-state index in [1.807, 2.05) is 23.1 Å². The Bertz CT molecular complexity index is 542. The smallest absolute Gasteiger partial charge is 0.317 e. The summed E-state index contributed by atoms with van der Waals surface area (Å²) in [5.41, 5.74) is 1.55. The molecule has 1 aliphatic heterocycles. The standard InChI is InChI=1S/C14H16BrN3O2/c15-12-3-1-4-13(11(12)9-16)18-6-2-5-17(7-8-18)10-14(19)20/h1,3-4H,2,5-8,10H2,(H,19,20). The zero-order chi connectivity index (χ0) is 14.5. The van der Waals surface area contributed by atoms with E-state index in [0.717, 1.165) is 36.2 Å². The van der Waals surface area contributed by atoms with Gasteiger partial charge < -0.3 is 10.0 Å². The van der Waals surface area contributed by atoms with Crippen LogP contribution in [0.3, 0.4) is 0 Å². The predicted molar refractivity (Wildman–Crippen MR) is 79.8 cm³/mol. The quantitative estimate of drug-likeness (QED) is 0.912. The Hall–Kier alpha value is -1.58. The van der Waals surface area contributed by atoms with Crippen molar-refractivity contribution in [3.05, 3.63) is 28.2 Å². The van der Waals surface area contributed by atoms with Crippen molar-refractivity contribution in [3.8, 4) is 6.07 Å². The molecule has 0 unspecified atom stereocenters. The summed E-state index contributed by atoms with van der Waals surface area (Å²) in [5.74, 6) is -0.793. The summed E-state index contributed by atoms with van der Waals surface area (Å²) in [4.78, 5) is 14.9. The first-order chi connectivity index (χ1) is 9.61. The summed E-state index contributed by atoms with van der Waals surface area (Å²) < 4.78 is 0.795. The van der Waals surface area contributed by atoms with E-state index in [0.29, 0.717) is 12.1 Å². The third-order valence-corrected chi connectivity index (χ3v) is 4.05. The number of carbonyl (C=O) groups is 1. The normalized spacial score (nSPS) is 16.5. The van der Waals surface area contributed by atoms with E-state index in [-0.39, 0.29) is 6.54 Å². The number of hydrogen-bond acceptors (Lipinski definition) is 4. The molecule has 0 amide bonds. The van der Waals surface area contributed by atoms with Gasteiger partial charge in [0.2, 0.25) is 0 Å². The van der Waals surface area contributed by atoms with Gasteiger partial charge in [0.1, 0.15) is 6.07 Å². The van der Waals surface area contributed by atoms with Crippen LogP contribution in [0.4, 0.5) is 5.69 Å². The number of anilines is 1. The number of carboxylic acid groups (broad SMARTS) is 1. The highest BCUT2D eigenvalue weighted by Crippen LogP contribution is 2.27. The summed E-state index contributed by atoms with van der Waals surface area (Å²) in [5, 5.41) is 18.1. The fraction of sp³-hybridized carbons (Fsp3) is 0.429. The average molecular weight is 338 g/mol. The maximum Gasteiger partial charge on any atom is 0.317 e. The molecular formula is C14H16BrN3O2. The van der Waals surface area contributed by atoms with Gasteiger partial charge in [-0.2, -0.15) is 5.26 Å². The van der Waals surface area contributed by atoms with Crippen molar-refractivity contribution in [1.82, 2.24) is 4.90 Å². The van der Waals surface area contributed by atoms with Crippen LogP contribution in [0, 0.1) is 11.3 Å². The molecule has 106 valence electrons. The molecule has 0 aliphatic carbocycles. The highest BCUT2D eigenvalue weighted by Gasteiger charge is 2.19. The van der Waals surface area contributed by atoms with Crippen molar-refractivity contribution in [3.63, 3.8) is 0 Å². The van der Waals surface area contributed by atoms with Gasteiger partial charge >= 0.3 is 5.97 Å². The predicted octanol–water partition coefficient (Wildman–Crippen LogP) is 1.92. The molecule has 1 aliphatic rings. The average Bonchev–Trinajstić information content (AvgIpc) is 2.63. The number of halogens is 1. The second kappa shape index (κ2) is 6.73. The third-order valence-electron chi connectivity index (χ3n) is 3.39. The molecule has 0 radical (unpaired) electrons. The van der Waals surface area contributed by atoms with Crippen LogP contribution >= 0.6 is 15.9 Å². The number of benzene rings is 1. The minimum Gasteiger partial charge on any atom is -0.480 e. The molecular weight excluding hydrogens is 322 g/mol. The second-order valence-electron chi connectivity index (χ2n) is 4.76. The highest BCUT2D eigenvalue weighted by atomic mass is 79.9. The Balaban J connectivity index is 2.13. The van der Waals surface area contributed by atoms with Gasteiger partial charge in [-0.05, 0) is 34.5 Å². The lowest BCUT2D eigenvalue weighted by Crippen LogP contribution is -2.34. The van der Waals surface area contributed by atoms with Crippen LogP contribution < -0.4 is 4.90 Å². The first kappa shape index (κ1) is 14.8. The molecule has 5 nitrogen and oxygen atoms in total. The number of carboxylic acids is 1. The minimum atomic E-state index is -0.793. The van der Waals surface area contributed by atoms with Crippen molar-refractivity contribution in [1.29, 1.82) is 5.26 Å². The van der Waals surface area contributed by atoms with E-state index in [1.165, 1.54) is 0 Å². The molecule has 6 heteroatoms. The molecule has 0 bridgehead atoms. The van der Waals surface area contributed by atoms with Gasteiger partial charge in [-0.3, -0.25) is 9.69 Å². The van der Waals surface area contributed by atoms with E-state index in [4.69, 9.17) is 5.11 Å². The SMILES string of the molecule is N#Cc1c(Br)cccc1N1CCCN(CC(=O)O)CC1. The first-order valence-corrected chi connectivity index (χ1v) is 7.29. The van der Waals surface area contributed by atoms with Gasteiger partial charge in [0, 0.05) is 30.7 Å². The molecule has 1 saturated heterocycles. The zero-order valence-corrected chi connectivity index (χ0v) is 12.6. The number of hydrogen-bond donors (Lipinski definition) is 1. The molecule has 0 saturated carbocycles. The second-order valence-corrected chi connectivity index (χ2v) is 5.61. The van der Waals surface area contributed by atoms with Crippen LogP contribution in [0.15, 0.2) is 22.7 Å². The Labute approximate surface area is 126 Å². The van der Waals surface area contributed by atoms with E-state index < -0.39 is 5.97 Å². The van der Waals surface area contributed by atoms with Crippen LogP contribution in [-0.2, 0) is 4.79 Å². The Kier molecular flexibility index (Phi) is 4.99. The van der Waals surface area contributed by atoms with Crippen molar-refractivity contribution >= 4 is 27.6 Å². The van der Waals surface area contributed by atoms with Crippen molar-refractivity contribution in [2.24, 2.45) is 0 Å². The molecule has 2 rings (SSSR count). The van der Waals surface area contributed by atoms with Gasteiger partial charge in [-0.1, -0.05) is 6.07 Å². The summed E-state index contributed by atoms with van der Waals surface area (Å²) in [6, 6.07) is 7.94. The van der Waals surface area contributed by atoms with Gasteiger partial charge in [-0.25, -0.2) is 0 Å². The van der Waals surface area contributed by atoms with Crippen molar-refractivity contribution in [2.45, 2.75) is 6.42 Å². The third kappa shape index (κ3) is 3.50. The molecule has 1 aromatic rings. The van der Waals surface area contributed by atoms with Crippen molar-refractivity contribution in [2.75, 3.05) is 37.6 Å². The van der Waals surface area contributed by atoms with Gasteiger partial charge in [0.25, 0.3) is 0 Å². The van der Waals surface area contributed by atoms with Crippen LogP contribution in [0.2, 0.25) is 0 Å². The van der Waals surface area contributed by atoms with E-state index in [2.05, 4.69) is 26.9 Å². The van der Waals surface area contributed by atoms with Gasteiger partial charge in [0.05, 0.1) is 17.8 Å². The monoisotopic (exact) mass is 337 g/mol. The summed E-state index contributed by atoms with van der Waals surface area (Å²) >= 11 is 3.40. The molecule has 0 aromatic heterocycles. The number of rotatable bonds is 3. The van der Waals surface area contributed by atoms with Crippen LogP contribution in [0.5, 0.6) is 0 Å². The molecule has 1 aromatic carbocycles. The lowest BCUT2D eigenvalue weighted by atomic mass is 10.1. The van der Waals surface area contributed by atoms with Gasteiger partial charge in [0.15, 0.2) is 0 Å². The summed E-state index contributed by atoms with van der Waals surface area (Å²) in [7, 11) is 0. The lowest BCUT2D eigenvalue weighted by Gasteiger charge is -2.24. The number of nitriles is 1. The number of aliphatic carboxylic acids is 1. The molecule has 1 N–H and O–H groups in total. The first-order valence-electron chi connectivity index (χ1n) is 6.49. The molecule has 1 fully saturated rings. The van der Waals surface area contributed by atoms with E-state index >= 15 is 0 Å². The maximum atomic E-state index is 10.8. The Morgan fingerprint density at radius 1 is 1.35 bits per heavy atom. The zero-order valence-electron chi connectivity index (χ0n) is 11.0.